The molecule has 0 saturated carbocycles. The molecule has 1 aromatic heterocycles. The molecule has 0 atom stereocenters. The van der Waals surface area contributed by atoms with Crippen molar-refractivity contribution in [1.82, 2.24) is 9.55 Å². The summed E-state index contributed by atoms with van der Waals surface area (Å²) in [4.78, 5) is 16.1. The summed E-state index contributed by atoms with van der Waals surface area (Å²) in [5.41, 5.74) is 1.65. The van der Waals surface area contributed by atoms with Crippen molar-refractivity contribution in [3.8, 4) is 5.69 Å². The minimum atomic E-state index is 0.0428. The Hall–Kier alpha value is -1.66. The van der Waals surface area contributed by atoms with Gasteiger partial charge in [0.15, 0.2) is 5.82 Å². The van der Waals surface area contributed by atoms with E-state index in [1.54, 1.807) is 6.20 Å². The van der Waals surface area contributed by atoms with Crippen LogP contribution in [0, 0.1) is 0 Å². The average molecular weight is 333 g/mol. The van der Waals surface area contributed by atoms with Crippen LogP contribution in [-0.4, -0.2) is 19.7 Å². The second-order valence-electron chi connectivity index (χ2n) is 4.98. The Labute approximate surface area is 141 Å². The third-order valence-electron chi connectivity index (χ3n) is 3.25. The number of rotatable bonds is 7. The van der Waals surface area contributed by atoms with E-state index in [2.05, 4.69) is 29.9 Å². The third kappa shape index (κ3) is 4.42. The quantitative estimate of drug-likeness (QED) is 0.457. The summed E-state index contributed by atoms with van der Waals surface area (Å²) in [6.07, 6.45) is 7.14. The predicted molar refractivity (Wildman–Crippen MR) is 97.0 cm³/mol. The maximum atomic E-state index is 11.9. The summed E-state index contributed by atoms with van der Waals surface area (Å²) >= 11 is 9.26. The second-order valence-corrected chi connectivity index (χ2v) is 6.14. The van der Waals surface area contributed by atoms with Gasteiger partial charge in [-0.3, -0.25) is 9.36 Å². The first kappa shape index (κ1) is 16.7. The Morgan fingerprint density at radius 2 is 2.23 bits per heavy atom. The van der Waals surface area contributed by atoms with E-state index in [4.69, 9.17) is 12.2 Å². The summed E-state index contributed by atoms with van der Waals surface area (Å²) in [7, 11) is 0. The first-order valence-electron chi connectivity index (χ1n) is 7.28. The van der Waals surface area contributed by atoms with E-state index in [1.807, 2.05) is 35.0 Å². The van der Waals surface area contributed by atoms with E-state index in [9.17, 15) is 4.79 Å². The molecule has 1 amide bonds. The normalized spacial score (nSPS) is 10.5. The molecule has 0 saturated heterocycles. The topological polar surface area (TPSA) is 46.9 Å². The largest absolute Gasteiger partial charge is 0.326 e. The molecule has 0 unspecified atom stereocenters. The standard InChI is InChI=1S/C16H19N3OS2/c1-2-3-4-8-14(20)18-12-6-5-7-13(11-12)19-10-9-17-15(19)16(21)22/h5-7,9-11H,2-4,8H2,1H3,(H,18,20)(H,21,22). The van der Waals surface area contributed by atoms with E-state index in [0.29, 0.717) is 16.4 Å². The lowest BCUT2D eigenvalue weighted by Crippen LogP contribution is -2.11. The number of anilines is 1. The molecule has 116 valence electrons. The van der Waals surface area contributed by atoms with Crippen molar-refractivity contribution in [3.63, 3.8) is 0 Å². The lowest BCUT2D eigenvalue weighted by atomic mass is 10.2. The van der Waals surface area contributed by atoms with Crippen molar-refractivity contribution in [2.24, 2.45) is 0 Å². The fraction of sp³-hybridized carbons (Fsp3) is 0.312. The van der Waals surface area contributed by atoms with Crippen LogP contribution >= 0.6 is 24.8 Å². The molecule has 6 heteroatoms. The van der Waals surface area contributed by atoms with Crippen molar-refractivity contribution in [2.45, 2.75) is 32.6 Å². The van der Waals surface area contributed by atoms with Gasteiger partial charge >= 0.3 is 0 Å². The molecule has 1 N–H and O–H groups in total. The Morgan fingerprint density at radius 1 is 1.41 bits per heavy atom. The minimum absolute atomic E-state index is 0.0428. The third-order valence-corrected chi connectivity index (χ3v) is 3.63. The number of aromatic nitrogens is 2. The molecule has 0 aliphatic carbocycles. The molecular weight excluding hydrogens is 314 g/mol. The van der Waals surface area contributed by atoms with Gasteiger partial charge in [0.25, 0.3) is 0 Å². The first-order valence-corrected chi connectivity index (χ1v) is 8.14. The van der Waals surface area contributed by atoms with E-state index in [-0.39, 0.29) is 5.91 Å². The van der Waals surface area contributed by atoms with Gasteiger partial charge in [-0.2, -0.15) is 0 Å². The van der Waals surface area contributed by atoms with Crippen LogP contribution in [0.3, 0.4) is 0 Å². The summed E-state index contributed by atoms with van der Waals surface area (Å²) in [5.74, 6) is 0.658. The van der Waals surface area contributed by atoms with Crippen molar-refractivity contribution in [2.75, 3.05) is 5.32 Å². The number of thiocarbonyl (C=S) groups is 1. The Kier molecular flexibility index (Phi) is 6.15. The van der Waals surface area contributed by atoms with E-state index < -0.39 is 0 Å². The number of hydrogen-bond donors (Lipinski definition) is 2. The number of carbonyl (C=O) groups is 1. The van der Waals surface area contributed by atoms with Gasteiger partial charge in [-0.1, -0.05) is 38.0 Å². The van der Waals surface area contributed by atoms with Gasteiger partial charge in [-0.05, 0) is 24.6 Å². The van der Waals surface area contributed by atoms with Crippen molar-refractivity contribution < 1.29 is 4.79 Å². The molecule has 0 spiro atoms. The number of hydrogen-bond acceptors (Lipinski definition) is 3. The van der Waals surface area contributed by atoms with Crippen LogP contribution in [0.1, 0.15) is 38.4 Å². The van der Waals surface area contributed by atoms with Crippen LogP contribution in [0.4, 0.5) is 5.69 Å². The molecule has 0 aliphatic heterocycles. The fourth-order valence-corrected chi connectivity index (χ4v) is 2.48. The maximum absolute atomic E-state index is 11.9. The monoisotopic (exact) mass is 333 g/mol. The SMILES string of the molecule is CCCCCC(=O)Nc1cccc(-n2ccnc2C(=S)S)c1. The summed E-state index contributed by atoms with van der Waals surface area (Å²) < 4.78 is 2.28. The Morgan fingerprint density at radius 3 is 2.95 bits per heavy atom. The first-order chi connectivity index (χ1) is 10.6. The number of unbranched alkanes of at least 4 members (excludes halogenated alkanes) is 2. The number of benzene rings is 1. The molecule has 0 radical (unpaired) electrons. The molecular formula is C16H19N3OS2. The number of nitrogens with one attached hydrogen (secondary N) is 1. The summed E-state index contributed by atoms with van der Waals surface area (Å²) in [5, 5.41) is 2.93. The second kappa shape index (κ2) is 8.10. The minimum Gasteiger partial charge on any atom is -0.326 e. The van der Waals surface area contributed by atoms with Crippen LogP contribution in [0.25, 0.3) is 5.69 Å². The van der Waals surface area contributed by atoms with Crippen LogP contribution in [0.5, 0.6) is 0 Å². The lowest BCUT2D eigenvalue weighted by Gasteiger charge is -2.10. The van der Waals surface area contributed by atoms with Crippen molar-refractivity contribution in [3.05, 3.63) is 42.5 Å². The van der Waals surface area contributed by atoms with E-state index in [0.717, 1.165) is 30.6 Å². The van der Waals surface area contributed by atoms with Crippen LogP contribution in [-0.2, 0) is 4.79 Å². The average Bonchev–Trinajstić information content (AvgIpc) is 2.97. The molecule has 1 aromatic carbocycles. The van der Waals surface area contributed by atoms with Gasteiger partial charge in [-0.15, -0.1) is 12.6 Å². The number of imidazole rings is 1. The summed E-state index contributed by atoms with van der Waals surface area (Å²) in [6.45, 7) is 2.12. The van der Waals surface area contributed by atoms with E-state index in [1.165, 1.54) is 0 Å². The van der Waals surface area contributed by atoms with Gasteiger partial charge in [-0.25, -0.2) is 4.98 Å². The number of thiol groups is 1. The van der Waals surface area contributed by atoms with E-state index >= 15 is 0 Å². The summed E-state index contributed by atoms with van der Waals surface area (Å²) in [6, 6.07) is 7.60. The highest BCUT2D eigenvalue weighted by molar-refractivity contribution is 8.11. The molecule has 4 nitrogen and oxygen atoms in total. The van der Waals surface area contributed by atoms with Crippen molar-refractivity contribution >= 4 is 40.6 Å². The van der Waals surface area contributed by atoms with Gasteiger partial charge in [0, 0.05) is 30.2 Å². The van der Waals surface area contributed by atoms with Crippen LogP contribution in [0.15, 0.2) is 36.7 Å². The van der Waals surface area contributed by atoms with Crippen molar-refractivity contribution in [1.29, 1.82) is 0 Å². The highest BCUT2D eigenvalue weighted by atomic mass is 32.1. The molecule has 0 aliphatic rings. The van der Waals surface area contributed by atoms with Gasteiger partial charge in [0.05, 0.1) is 0 Å². The zero-order valence-corrected chi connectivity index (χ0v) is 14.2. The molecule has 2 rings (SSSR count). The Bertz CT molecular complexity index is 667. The highest BCUT2D eigenvalue weighted by Crippen LogP contribution is 2.18. The fourth-order valence-electron chi connectivity index (χ4n) is 2.16. The highest BCUT2D eigenvalue weighted by Gasteiger charge is 2.08. The maximum Gasteiger partial charge on any atom is 0.224 e. The molecule has 1 heterocycles. The zero-order valence-electron chi connectivity index (χ0n) is 12.5. The Balaban J connectivity index is 2.11. The van der Waals surface area contributed by atoms with Crippen LogP contribution in [0.2, 0.25) is 0 Å². The lowest BCUT2D eigenvalue weighted by molar-refractivity contribution is -0.116. The molecule has 0 bridgehead atoms. The van der Waals surface area contributed by atoms with Gasteiger partial charge < -0.3 is 5.32 Å². The molecule has 22 heavy (non-hydrogen) atoms. The van der Waals surface area contributed by atoms with Gasteiger partial charge in [0.2, 0.25) is 5.91 Å². The van der Waals surface area contributed by atoms with Gasteiger partial charge in [0.1, 0.15) is 4.20 Å². The zero-order chi connectivity index (χ0) is 15.9. The number of amides is 1. The molecule has 2 aromatic rings. The number of nitrogens with zero attached hydrogens (tertiary/aromatic N) is 2. The smallest absolute Gasteiger partial charge is 0.224 e. The number of carbonyl (C=O) groups excluding carboxylic acids is 1. The predicted octanol–water partition coefficient (Wildman–Crippen LogP) is 4.00. The molecule has 0 fully saturated rings. The van der Waals surface area contributed by atoms with Crippen LogP contribution < -0.4 is 5.32 Å².